The average Bonchev–Trinajstić information content (AvgIpc) is 3.24. The van der Waals surface area contributed by atoms with E-state index in [0.717, 1.165) is 25.7 Å². The van der Waals surface area contributed by atoms with E-state index in [4.69, 9.17) is 9.47 Å². The lowest BCUT2D eigenvalue weighted by Gasteiger charge is -2.43. The zero-order valence-electron chi connectivity index (χ0n) is 14.0. The fourth-order valence-corrected chi connectivity index (χ4v) is 4.24. The molecule has 0 N–H and O–H groups in total. The number of carbonyl (C=O) groups is 1. The lowest BCUT2D eigenvalue weighted by atomic mass is 9.79. The lowest BCUT2D eigenvalue weighted by molar-refractivity contribution is -0.0893. The molecule has 2 aliphatic rings. The van der Waals surface area contributed by atoms with Gasteiger partial charge in [-0.3, -0.25) is 9.20 Å². The number of likely N-dealkylation sites (tertiary alicyclic amines) is 1. The van der Waals surface area contributed by atoms with Crippen molar-refractivity contribution in [2.45, 2.75) is 43.4 Å². The van der Waals surface area contributed by atoms with Crippen molar-refractivity contribution in [2.24, 2.45) is 0 Å². The fraction of sp³-hybridized carbons (Fsp3) is 0.588. The van der Waals surface area contributed by atoms with Gasteiger partial charge in [0.05, 0.1) is 17.7 Å². The van der Waals surface area contributed by atoms with E-state index in [1.54, 1.807) is 31.0 Å². The van der Waals surface area contributed by atoms with Crippen molar-refractivity contribution in [1.29, 1.82) is 0 Å². The summed E-state index contributed by atoms with van der Waals surface area (Å²) in [6.45, 7) is 0.714. The van der Waals surface area contributed by atoms with E-state index in [2.05, 4.69) is 10.2 Å². The predicted molar refractivity (Wildman–Crippen MR) is 86.8 cm³/mol. The Hall–Kier alpha value is -1.99. The third kappa shape index (κ3) is 2.31. The molecule has 2 fully saturated rings. The van der Waals surface area contributed by atoms with Crippen molar-refractivity contribution < 1.29 is 14.3 Å². The van der Waals surface area contributed by atoms with Crippen molar-refractivity contribution >= 4 is 11.6 Å². The number of amides is 1. The molecule has 3 atom stereocenters. The maximum atomic E-state index is 13.1. The van der Waals surface area contributed by atoms with Crippen LogP contribution in [-0.2, 0) is 9.47 Å². The van der Waals surface area contributed by atoms with Gasteiger partial charge >= 0.3 is 0 Å². The van der Waals surface area contributed by atoms with Gasteiger partial charge in [-0.2, -0.15) is 0 Å². The molecule has 0 aromatic carbocycles. The number of hydrogen-bond acceptors (Lipinski definition) is 5. The van der Waals surface area contributed by atoms with E-state index >= 15 is 0 Å². The Kier molecular flexibility index (Phi) is 3.77. The van der Waals surface area contributed by atoms with Gasteiger partial charge in [0.2, 0.25) is 0 Å². The minimum atomic E-state index is -0.232. The van der Waals surface area contributed by atoms with E-state index in [1.807, 2.05) is 17.2 Å². The standard InChI is InChI=1S/C17H22N4O3/c1-23-13-3-5-17(24-2)6-8-21(14(17)10-13)16(22)12-4-7-20-11-18-19-15(20)9-12/h4,7,9,11,13-14H,3,5-6,8,10H2,1-2H3/t13-,14+,17-/m1/s1. The number of hydrogen-bond donors (Lipinski definition) is 0. The highest BCUT2D eigenvalue weighted by Crippen LogP contribution is 2.43. The monoisotopic (exact) mass is 330 g/mol. The molecular weight excluding hydrogens is 308 g/mol. The molecule has 4 rings (SSSR count). The van der Waals surface area contributed by atoms with Crippen LogP contribution in [0, 0.1) is 0 Å². The maximum absolute atomic E-state index is 13.1. The largest absolute Gasteiger partial charge is 0.381 e. The average molecular weight is 330 g/mol. The highest BCUT2D eigenvalue weighted by molar-refractivity contribution is 5.95. The van der Waals surface area contributed by atoms with Crippen LogP contribution in [-0.4, -0.2) is 63.9 Å². The zero-order chi connectivity index (χ0) is 16.7. The van der Waals surface area contributed by atoms with Gasteiger partial charge in [-0.15, -0.1) is 10.2 Å². The summed E-state index contributed by atoms with van der Waals surface area (Å²) in [5, 5.41) is 7.88. The Morgan fingerprint density at radius 2 is 2.25 bits per heavy atom. The number of carbonyl (C=O) groups excluding carboxylic acids is 1. The summed E-state index contributed by atoms with van der Waals surface area (Å²) in [6.07, 6.45) is 7.24. The summed E-state index contributed by atoms with van der Waals surface area (Å²) < 4.78 is 13.2. The molecule has 2 aromatic rings. The highest BCUT2D eigenvalue weighted by Gasteiger charge is 2.52. The van der Waals surface area contributed by atoms with Crippen LogP contribution in [0.15, 0.2) is 24.7 Å². The Labute approximate surface area is 140 Å². The van der Waals surface area contributed by atoms with Crippen LogP contribution in [0.25, 0.3) is 5.65 Å². The summed E-state index contributed by atoms with van der Waals surface area (Å²) in [5.74, 6) is 0.0289. The van der Waals surface area contributed by atoms with E-state index < -0.39 is 0 Å². The Morgan fingerprint density at radius 1 is 1.38 bits per heavy atom. The molecule has 7 nitrogen and oxygen atoms in total. The van der Waals surface area contributed by atoms with Gasteiger partial charge in [0.1, 0.15) is 6.33 Å². The fourth-order valence-electron chi connectivity index (χ4n) is 4.24. The molecule has 0 spiro atoms. The molecule has 24 heavy (non-hydrogen) atoms. The first kappa shape index (κ1) is 15.5. The molecule has 1 saturated heterocycles. The van der Waals surface area contributed by atoms with Crippen molar-refractivity contribution in [3.05, 3.63) is 30.2 Å². The highest BCUT2D eigenvalue weighted by atomic mass is 16.5. The van der Waals surface area contributed by atoms with Crippen LogP contribution in [0.5, 0.6) is 0 Å². The van der Waals surface area contributed by atoms with E-state index in [9.17, 15) is 4.79 Å². The minimum Gasteiger partial charge on any atom is -0.381 e. The Bertz CT molecular complexity index is 761. The molecule has 1 amide bonds. The molecule has 1 aliphatic carbocycles. The third-order valence-electron chi connectivity index (χ3n) is 5.68. The van der Waals surface area contributed by atoms with Crippen LogP contribution in [0.2, 0.25) is 0 Å². The van der Waals surface area contributed by atoms with Crippen molar-refractivity contribution in [1.82, 2.24) is 19.5 Å². The zero-order valence-corrected chi connectivity index (χ0v) is 14.0. The summed E-state index contributed by atoms with van der Waals surface area (Å²) in [4.78, 5) is 15.0. The molecule has 128 valence electrons. The number of rotatable bonds is 3. The second-order valence-corrected chi connectivity index (χ2v) is 6.68. The molecular formula is C17H22N4O3. The van der Waals surface area contributed by atoms with Crippen LogP contribution in [0.3, 0.4) is 0 Å². The van der Waals surface area contributed by atoms with Crippen molar-refractivity contribution in [3.63, 3.8) is 0 Å². The van der Waals surface area contributed by atoms with Gasteiger partial charge in [-0.25, -0.2) is 0 Å². The molecule has 1 aliphatic heterocycles. The summed E-state index contributed by atoms with van der Waals surface area (Å²) >= 11 is 0. The molecule has 0 bridgehead atoms. The number of ether oxygens (including phenoxy) is 2. The number of pyridine rings is 1. The number of fused-ring (bicyclic) bond motifs is 2. The molecule has 1 saturated carbocycles. The molecule has 0 unspecified atom stereocenters. The quantitative estimate of drug-likeness (QED) is 0.854. The Morgan fingerprint density at radius 3 is 3.04 bits per heavy atom. The minimum absolute atomic E-state index is 0.0289. The molecule has 7 heteroatoms. The first-order valence-electron chi connectivity index (χ1n) is 8.35. The van der Waals surface area contributed by atoms with Crippen molar-refractivity contribution in [2.75, 3.05) is 20.8 Å². The van der Waals surface area contributed by atoms with Gasteiger partial charge in [0.25, 0.3) is 5.91 Å². The second kappa shape index (κ2) is 5.82. The first-order chi connectivity index (χ1) is 11.7. The topological polar surface area (TPSA) is 69.0 Å². The molecule has 3 heterocycles. The van der Waals surface area contributed by atoms with Gasteiger partial charge < -0.3 is 14.4 Å². The smallest absolute Gasteiger partial charge is 0.254 e. The Balaban J connectivity index is 1.63. The van der Waals surface area contributed by atoms with Crippen LogP contribution < -0.4 is 0 Å². The summed E-state index contributed by atoms with van der Waals surface area (Å²) in [5.41, 5.74) is 1.09. The van der Waals surface area contributed by atoms with E-state index in [-0.39, 0.29) is 23.7 Å². The van der Waals surface area contributed by atoms with Crippen molar-refractivity contribution in [3.8, 4) is 0 Å². The normalized spacial score (nSPS) is 29.8. The third-order valence-corrected chi connectivity index (χ3v) is 5.68. The van der Waals surface area contributed by atoms with E-state index in [0.29, 0.717) is 17.8 Å². The summed E-state index contributed by atoms with van der Waals surface area (Å²) in [6, 6.07) is 3.67. The van der Waals surface area contributed by atoms with Crippen LogP contribution in [0.1, 0.15) is 36.0 Å². The van der Waals surface area contributed by atoms with Gasteiger partial charge in [-0.1, -0.05) is 0 Å². The molecule has 2 aromatic heterocycles. The first-order valence-corrected chi connectivity index (χ1v) is 8.35. The maximum Gasteiger partial charge on any atom is 0.254 e. The second-order valence-electron chi connectivity index (χ2n) is 6.68. The van der Waals surface area contributed by atoms with Gasteiger partial charge in [-0.05, 0) is 37.8 Å². The lowest BCUT2D eigenvalue weighted by Crippen LogP contribution is -2.53. The van der Waals surface area contributed by atoms with Crippen LogP contribution in [0.4, 0.5) is 0 Å². The predicted octanol–water partition coefficient (Wildman–Crippen LogP) is 1.53. The molecule has 0 radical (unpaired) electrons. The SMILES string of the molecule is CO[C@@H]1CC[C@@]2(OC)CCN(C(=O)c3ccn4cnnc4c3)[C@H]2C1. The number of nitrogens with zero attached hydrogens (tertiary/aromatic N) is 4. The number of methoxy groups -OCH3 is 2. The summed E-state index contributed by atoms with van der Waals surface area (Å²) in [7, 11) is 3.50. The van der Waals surface area contributed by atoms with Crippen LogP contribution >= 0.6 is 0 Å². The van der Waals surface area contributed by atoms with E-state index in [1.165, 1.54) is 0 Å². The van der Waals surface area contributed by atoms with Gasteiger partial charge in [0.15, 0.2) is 5.65 Å². The van der Waals surface area contributed by atoms with Gasteiger partial charge in [0, 0.05) is 32.5 Å². The number of aromatic nitrogens is 3.